The Bertz CT molecular complexity index is 821. The van der Waals surface area contributed by atoms with E-state index in [2.05, 4.69) is 31.1 Å². The van der Waals surface area contributed by atoms with Gasteiger partial charge in [0.1, 0.15) is 5.82 Å². The van der Waals surface area contributed by atoms with E-state index in [9.17, 15) is 9.59 Å². The number of nitrogens with one attached hydrogen (secondary N) is 4. The fourth-order valence-electron chi connectivity index (χ4n) is 3.53. The lowest BCUT2D eigenvalue weighted by atomic mass is 10.1. The van der Waals surface area contributed by atoms with Gasteiger partial charge in [-0.1, -0.05) is 12.8 Å². The van der Waals surface area contributed by atoms with Crippen molar-refractivity contribution in [2.24, 2.45) is 5.92 Å². The van der Waals surface area contributed by atoms with Crippen molar-refractivity contribution in [3.05, 3.63) is 30.1 Å². The lowest BCUT2D eigenvalue weighted by molar-refractivity contribution is -0.115. The number of carbonyl (C=O) groups is 2. The van der Waals surface area contributed by atoms with Crippen LogP contribution in [0.4, 0.5) is 10.5 Å². The third-order valence-corrected chi connectivity index (χ3v) is 5.33. The molecule has 1 heterocycles. The number of H-pyrrole nitrogens is 1. The van der Waals surface area contributed by atoms with E-state index >= 15 is 0 Å². The van der Waals surface area contributed by atoms with Gasteiger partial charge >= 0.3 is 6.03 Å². The lowest BCUT2D eigenvalue weighted by Gasteiger charge is -2.11. The van der Waals surface area contributed by atoms with Gasteiger partial charge in [0.05, 0.1) is 6.54 Å². The minimum Gasteiger partial charge on any atom is -0.338 e. The zero-order valence-corrected chi connectivity index (χ0v) is 15.8. The number of urea groups is 1. The molecular weight excluding hydrogens is 356 g/mol. The summed E-state index contributed by atoms with van der Waals surface area (Å²) in [6, 6.07) is 7.06. The number of anilines is 1. The van der Waals surface area contributed by atoms with Crippen LogP contribution in [0.2, 0.25) is 0 Å². The molecule has 0 atom stereocenters. The van der Waals surface area contributed by atoms with Crippen molar-refractivity contribution in [2.45, 2.75) is 44.4 Å². The van der Waals surface area contributed by atoms with E-state index < -0.39 is 0 Å². The second-order valence-electron chi connectivity index (χ2n) is 7.66. The molecule has 0 radical (unpaired) electrons. The topological polar surface area (TPSA) is 112 Å². The molecule has 2 aliphatic rings. The van der Waals surface area contributed by atoms with E-state index in [1.807, 2.05) is 12.1 Å². The number of hydrogen-bond acceptors (Lipinski definition) is 4. The Morgan fingerprint density at radius 1 is 1.04 bits per heavy atom. The van der Waals surface area contributed by atoms with Gasteiger partial charge in [-0.2, -0.15) is 5.10 Å². The van der Waals surface area contributed by atoms with E-state index in [-0.39, 0.29) is 18.5 Å². The standard InChI is InChI=1S/C20H26N6O2/c27-17(12-22-20(28)21-11-13-3-1-2-4-13)23-16-9-7-15(8-10-16)19-24-18(25-26-19)14-5-6-14/h7-10,13-14H,1-6,11-12H2,(H,23,27)(H2,21,22,28)(H,24,25,26). The molecule has 0 unspecified atom stereocenters. The summed E-state index contributed by atoms with van der Waals surface area (Å²) < 4.78 is 0. The van der Waals surface area contributed by atoms with Crippen LogP contribution in [0.3, 0.4) is 0 Å². The number of nitrogens with zero attached hydrogens (tertiary/aromatic N) is 2. The Labute approximate surface area is 163 Å². The molecule has 8 heteroatoms. The first kappa shape index (κ1) is 18.5. The van der Waals surface area contributed by atoms with E-state index in [1.165, 1.54) is 38.5 Å². The summed E-state index contributed by atoms with van der Waals surface area (Å²) in [5, 5.41) is 15.5. The highest BCUT2D eigenvalue weighted by atomic mass is 16.2. The molecular formula is C20H26N6O2. The van der Waals surface area contributed by atoms with Crippen molar-refractivity contribution >= 4 is 17.6 Å². The maximum atomic E-state index is 12.0. The van der Waals surface area contributed by atoms with Gasteiger partial charge in [0.25, 0.3) is 0 Å². The molecule has 3 amide bonds. The van der Waals surface area contributed by atoms with Crippen LogP contribution >= 0.6 is 0 Å². The largest absolute Gasteiger partial charge is 0.338 e. The molecule has 0 aliphatic heterocycles. The van der Waals surface area contributed by atoms with Crippen LogP contribution in [0, 0.1) is 5.92 Å². The van der Waals surface area contributed by atoms with Crippen LogP contribution in [-0.2, 0) is 4.79 Å². The van der Waals surface area contributed by atoms with Crippen molar-refractivity contribution in [1.29, 1.82) is 0 Å². The molecule has 28 heavy (non-hydrogen) atoms. The highest BCUT2D eigenvalue weighted by molar-refractivity contribution is 5.94. The van der Waals surface area contributed by atoms with Crippen molar-refractivity contribution < 1.29 is 9.59 Å². The number of benzene rings is 1. The second kappa shape index (κ2) is 8.41. The van der Waals surface area contributed by atoms with E-state index in [4.69, 9.17) is 0 Å². The van der Waals surface area contributed by atoms with Crippen molar-refractivity contribution in [2.75, 3.05) is 18.4 Å². The zero-order valence-electron chi connectivity index (χ0n) is 15.8. The molecule has 2 fully saturated rings. The fraction of sp³-hybridized carbons (Fsp3) is 0.500. The summed E-state index contributed by atoms with van der Waals surface area (Å²) in [6.45, 7) is 0.614. The average molecular weight is 382 g/mol. The zero-order chi connectivity index (χ0) is 19.3. The predicted octanol–water partition coefficient (Wildman–Crippen LogP) is 2.78. The summed E-state index contributed by atoms with van der Waals surface area (Å²) >= 11 is 0. The maximum Gasteiger partial charge on any atom is 0.315 e. The van der Waals surface area contributed by atoms with Crippen LogP contribution in [0.1, 0.15) is 50.3 Å². The first-order chi connectivity index (χ1) is 13.7. The molecule has 4 N–H and O–H groups in total. The van der Waals surface area contributed by atoms with Crippen LogP contribution in [0.15, 0.2) is 24.3 Å². The third kappa shape index (κ3) is 4.88. The Kier molecular flexibility index (Phi) is 5.55. The third-order valence-electron chi connectivity index (χ3n) is 5.33. The molecule has 148 valence electrons. The van der Waals surface area contributed by atoms with E-state index in [0.717, 1.165) is 11.4 Å². The summed E-state index contributed by atoms with van der Waals surface area (Å²) in [6.07, 6.45) is 7.18. The van der Waals surface area contributed by atoms with Gasteiger partial charge in [-0.05, 0) is 55.9 Å². The van der Waals surface area contributed by atoms with E-state index in [1.54, 1.807) is 12.1 Å². The molecule has 1 aromatic heterocycles. The molecule has 0 spiro atoms. The molecule has 8 nitrogen and oxygen atoms in total. The fourth-order valence-corrected chi connectivity index (χ4v) is 3.53. The number of aromatic amines is 1. The van der Waals surface area contributed by atoms with Gasteiger partial charge in [0.15, 0.2) is 5.82 Å². The predicted molar refractivity (Wildman–Crippen MR) is 106 cm³/mol. The summed E-state index contributed by atoms with van der Waals surface area (Å²) in [4.78, 5) is 28.3. The first-order valence-electron chi connectivity index (χ1n) is 10.0. The number of amides is 3. The molecule has 2 saturated carbocycles. The van der Waals surface area contributed by atoms with Gasteiger partial charge in [0, 0.05) is 23.7 Å². The molecule has 2 aliphatic carbocycles. The van der Waals surface area contributed by atoms with E-state index in [0.29, 0.717) is 29.9 Å². The van der Waals surface area contributed by atoms with Gasteiger partial charge in [-0.3, -0.25) is 9.89 Å². The number of aromatic nitrogens is 3. The second-order valence-corrected chi connectivity index (χ2v) is 7.66. The minimum atomic E-state index is -0.298. The van der Waals surface area contributed by atoms with Gasteiger partial charge < -0.3 is 16.0 Å². The van der Waals surface area contributed by atoms with Gasteiger partial charge in [0.2, 0.25) is 5.91 Å². The Hall–Kier alpha value is -2.90. The van der Waals surface area contributed by atoms with Crippen molar-refractivity contribution in [1.82, 2.24) is 25.8 Å². The summed E-state index contributed by atoms with van der Waals surface area (Å²) in [5.74, 6) is 2.45. The Morgan fingerprint density at radius 3 is 2.50 bits per heavy atom. The molecule has 2 aromatic rings. The molecule has 0 bridgehead atoms. The summed E-state index contributed by atoms with van der Waals surface area (Å²) in [7, 11) is 0. The smallest absolute Gasteiger partial charge is 0.315 e. The van der Waals surface area contributed by atoms with Crippen LogP contribution in [0.5, 0.6) is 0 Å². The maximum absolute atomic E-state index is 12.0. The highest BCUT2D eigenvalue weighted by Gasteiger charge is 2.27. The van der Waals surface area contributed by atoms with Gasteiger partial charge in [-0.15, -0.1) is 0 Å². The quantitative estimate of drug-likeness (QED) is 0.590. The van der Waals surface area contributed by atoms with Crippen LogP contribution < -0.4 is 16.0 Å². The molecule has 0 saturated heterocycles. The highest BCUT2D eigenvalue weighted by Crippen LogP contribution is 2.38. The first-order valence-corrected chi connectivity index (χ1v) is 10.0. The van der Waals surface area contributed by atoms with Crippen LogP contribution in [-0.4, -0.2) is 40.2 Å². The molecule has 1 aromatic carbocycles. The average Bonchev–Trinajstić information content (AvgIpc) is 3.20. The molecule has 4 rings (SSSR count). The van der Waals surface area contributed by atoms with Crippen molar-refractivity contribution in [3.8, 4) is 11.4 Å². The number of carbonyl (C=O) groups excluding carboxylic acids is 2. The minimum absolute atomic E-state index is 0.0656. The Morgan fingerprint density at radius 2 is 1.79 bits per heavy atom. The SMILES string of the molecule is O=C(CNC(=O)NCC1CCCC1)Nc1ccc(-c2n[nH]c(C3CC3)n2)cc1. The Balaban J connectivity index is 1.21. The van der Waals surface area contributed by atoms with Crippen LogP contribution in [0.25, 0.3) is 11.4 Å². The monoisotopic (exact) mass is 382 g/mol. The normalized spacial score (nSPS) is 16.7. The number of rotatable bonds is 7. The van der Waals surface area contributed by atoms with Gasteiger partial charge in [-0.25, -0.2) is 9.78 Å². The summed E-state index contributed by atoms with van der Waals surface area (Å²) in [5.41, 5.74) is 1.56. The lowest BCUT2D eigenvalue weighted by Crippen LogP contribution is -2.41. The number of hydrogen-bond donors (Lipinski definition) is 4. The van der Waals surface area contributed by atoms with Crippen molar-refractivity contribution in [3.63, 3.8) is 0 Å².